The van der Waals surface area contributed by atoms with Crippen molar-refractivity contribution in [1.82, 2.24) is 0 Å². The van der Waals surface area contributed by atoms with Crippen LogP contribution in [0.15, 0.2) is 24.3 Å². The van der Waals surface area contributed by atoms with Gasteiger partial charge in [-0.15, -0.1) is 13.2 Å². The van der Waals surface area contributed by atoms with E-state index < -0.39 is 60.4 Å². The lowest BCUT2D eigenvalue weighted by atomic mass is 9.85. The molecule has 2 fully saturated rings. The Hall–Kier alpha value is -2.05. The lowest BCUT2D eigenvalue weighted by molar-refractivity contribution is -0.274. The second kappa shape index (κ2) is 10.7. The Labute approximate surface area is 194 Å². The van der Waals surface area contributed by atoms with Gasteiger partial charge in [-0.1, -0.05) is 6.92 Å². The molecule has 0 bridgehead atoms. The number of aliphatic hydroxyl groups is 3. The van der Waals surface area contributed by atoms with Gasteiger partial charge in [-0.25, -0.2) is 0 Å². The topological polar surface area (TPSA) is 126 Å². The summed E-state index contributed by atoms with van der Waals surface area (Å²) in [5, 5.41) is 30.6. The molecule has 0 amide bonds. The molecule has 0 aromatic heterocycles. The third-order valence-electron chi connectivity index (χ3n) is 6.36. The number of alkyl halides is 3. The van der Waals surface area contributed by atoms with E-state index in [2.05, 4.69) is 4.74 Å². The second-order valence-corrected chi connectivity index (χ2v) is 9.00. The maximum Gasteiger partial charge on any atom is 0.573 e. The molecule has 8 atom stereocenters. The van der Waals surface area contributed by atoms with Crippen molar-refractivity contribution in [3.05, 3.63) is 29.8 Å². The van der Waals surface area contributed by atoms with E-state index in [1.807, 2.05) is 6.92 Å². The van der Waals surface area contributed by atoms with Crippen LogP contribution in [0.3, 0.4) is 0 Å². The number of carbonyl (C=O) groups excluding carboxylic acids is 2. The molecule has 0 radical (unpaired) electrons. The summed E-state index contributed by atoms with van der Waals surface area (Å²) in [4.78, 5) is 24.7. The first-order valence-electron chi connectivity index (χ1n) is 11.1. The molecular formula is C23H29F3O8. The Kier molecular flexibility index (Phi) is 8.35. The molecule has 2 heterocycles. The first-order chi connectivity index (χ1) is 15.9. The van der Waals surface area contributed by atoms with Crippen molar-refractivity contribution >= 4 is 11.6 Å². The minimum Gasteiger partial charge on any atom is -0.406 e. The summed E-state index contributed by atoms with van der Waals surface area (Å²) >= 11 is 0. The molecule has 2 saturated heterocycles. The molecule has 11 heteroatoms. The number of halogens is 3. The first-order valence-corrected chi connectivity index (χ1v) is 11.1. The zero-order valence-electron chi connectivity index (χ0n) is 18.8. The summed E-state index contributed by atoms with van der Waals surface area (Å²) < 4.78 is 51.6. The van der Waals surface area contributed by atoms with E-state index in [4.69, 9.17) is 9.47 Å². The Morgan fingerprint density at radius 2 is 1.76 bits per heavy atom. The summed E-state index contributed by atoms with van der Waals surface area (Å²) in [5.41, 5.74) is 0.0498. The van der Waals surface area contributed by atoms with Gasteiger partial charge in [0.1, 0.15) is 17.6 Å². The van der Waals surface area contributed by atoms with Gasteiger partial charge in [-0.2, -0.15) is 0 Å². The van der Waals surface area contributed by atoms with E-state index in [-0.39, 0.29) is 36.7 Å². The highest BCUT2D eigenvalue weighted by molar-refractivity contribution is 6.08. The third-order valence-corrected chi connectivity index (χ3v) is 6.36. The lowest BCUT2D eigenvalue weighted by Crippen LogP contribution is -2.51. The Balaban J connectivity index is 1.46. The average Bonchev–Trinajstić information content (AvgIpc) is 3.51. The van der Waals surface area contributed by atoms with Crippen LogP contribution in [0.1, 0.15) is 43.5 Å². The number of benzene rings is 1. The molecule has 0 spiro atoms. The van der Waals surface area contributed by atoms with E-state index in [1.54, 1.807) is 6.92 Å². The minimum absolute atomic E-state index is 0.00957. The number of carbonyl (C=O) groups is 2. The van der Waals surface area contributed by atoms with Crippen LogP contribution in [0.4, 0.5) is 13.2 Å². The van der Waals surface area contributed by atoms with Crippen LogP contribution in [0.25, 0.3) is 0 Å². The van der Waals surface area contributed by atoms with Crippen molar-refractivity contribution in [2.45, 2.75) is 76.1 Å². The van der Waals surface area contributed by atoms with Gasteiger partial charge in [0.15, 0.2) is 5.78 Å². The fourth-order valence-corrected chi connectivity index (χ4v) is 4.13. The number of hydrogen-bond donors (Lipinski definition) is 3. The van der Waals surface area contributed by atoms with E-state index in [0.29, 0.717) is 6.42 Å². The zero-order valence-corrected chi connectivity index (χ0v) is 18.8. The van der Waals surface area contributed by atoms with Gasteiger partial charge in [-0.3, -0.25) is 9.59 Å². The maximum atomic E-state index is 12.4. The number of Topliss-reactive ketones (excluding diaryl/α,β-unsaturated/α-hetero) is 2. The highest BCUT2D eigenvalue weighted by atomic mass is 19.4. The number of epoxide rings is 1. The minimum atomic E-state index is -4.85. The predicted octanol–water partition coefficient (Wildman–Crippen LogP) is 2.03. The van der Waals surface area contributed by atoms with Crippen molar-refractivity contribution in [1.29, 1.82) is 0 Å². The van der Waals surface area contributed by atoms with Gasteiger partial charge in [0, 0.05) is 30.2 Å². The van der Waals surface area contributed by atoms with Gasteiger partial charge in [0.2, 0.25) is 0 Å². The van der Waals surface area contributed by atoms with Crippen LogP contribution in [0.2, 0.25) is 0 Å². The van der Waals surface area contributed by atoms with E-state index >= 15 is 0 Å². The smallest absolute Gasteiger partial charge is 0.406 e. The van der Waals surface area contributed by atoms with Gasteiger partial charge in [-0.05, 0) is 31.2 Å². The van der Waals surface area contributed by atoms with Crippen molar-refractivity contribution in [3.63, 3.8) is 0 Å². The van der Waals surface area contributed by atoms with Gasteiger partial charge in [0.25, 0.3) is 0 Å². The summed E-state index contributed by atoms with van der Waals surface area (Å²) in [6.45, 7) is 3.54. The molecule has 0 unspecified atom stereocenters. The van der Waals surface area contributed by atoms with Gasteiger partial charge in [0.05, 0.1) is 43.5 Å². The molecule has 3 N–H and O–H groups in total. The van der Waals surface area contributed by atoms with Crippen LogP contribution in [0, 0.1) is 11.8 Å². The SMILES string of the molecule is C[C@H]([C@@H]1O[C@H]1C[C@@H]1OC[C@H](CC(=O)CC(=O)c2ccc(OC(F)(F)F)cc2)[C@@H](O)[C@H]1O)[C@H](C)O. The normalized spacial score (nSPS) is 30.9. The molecule has 2 aliphatic rings. The first kappa shape index (κ1) is 26.6. The van der Waals surface area contributed by atoms with Crippen LogP contribution < -0.4 is 4.74 Å². The average molecular weight is 490 g/mol. The van der Waals surface area contributed by atoms with Gasteiger partial charge < -0.3 is 29.5 Å². The predicted molar refractivity (Wildman–Crippen MR) is 111 cm³/mol. The molecule has 190 valence electrons. The van der Waals surface area contributed by atoms with E-state index in [0.717, 1.165) is 24.3 Å². The van der Waals surface area contributed by atoms with Crippen molar-refractivity contribution in [2.75, 3.05) is 6.61 Å². The quantitative estimate of drug-likeness (QED) is 0.259. The Morgan fingerprint density at radius 3 is 2.35 bits per heavy atom. The third kappa shape index (κ3) is 6.98. The number of hydrogen-bond acceptors (Lipinski definition) is 8. The number of ether oxygens (including phenoxy) is 3. The standard InChI is InChI=1S/C23H29F3O8/c1-11(12(2)27)22-19(33-22)9-18-21(31)20(30)14(10-32-18)7-15(28)8-17(29)13-3-5-16(6-4-13)34-23(24,25)26/h3-6,11-12,14,18-22,27,30-31H,7-10H2,1-2H3/t11-,12-,14-,18-,19-,20+,21-,22-/m0/s1. The number of aliphatic hydroxyl groups excluding tert-OH is 3. The maximum absolute atomic E-state index is 12.4. The van der Waals surface area contributed by atoms with Crippen molar-refractivity contribution in [2.24, 2.45) is 11.8 Å². The van der Waals surface area contributed by atoms with Crippen LogP contribution in [-0.2, 0) is 14.3 Å². The Bertz CT molecular complexity index is 857. The molecule has 0 aliphatic carbocycles. The Morgan fingerprint density at radius 1 is 1.12 bits per heavy atom. The molecule has 1 aromatic carbocycles. The zero-order chi connectivity index (χ0) is 25.2. The van der Waals surface area contributed by atoms with E-state index in [9.17, 15) is 38.1 Å². The largest absolute Gasteiger partial charge is 0.573 e. The summed E-state index contributed by atoms with van der Waals surface area (Å²) in [6, 6.07) is 4.23. The van der Waals surface area contributed by atoms with Crippen LogP contribution >= 0.6 is 0 Å². The lowest BCUT2D eigenvalue weighted by Gasteiger charge is -2.37. The molecule has 8 nitrogen and oxygen atoms in total. The van der Waals surface area contributed by atoms with Crippen LogP contribution in [0.5, 0.6) is 5.75 Å². The molecule has 1 aromatic rings. The number of rotatable bonds is 10. The summed E-state index contributed by atoms with van der Waals surface area (Å²) in [5.74, 6) is -2.34. The monoisotopic (exact) mass is 490 g/mol. The fraction of sp³-hybridized carbons (Fsp3) is 0.652. The molecule has 2 aliphatic heterocycles. The number of ketones is 2. The van der Waals surface area contributed by atoms with Crippen LogP contribution in [-0.4, -0.2) is 76.5 Å². The van der Waals surface area contributed by atoms with Crippen molar-refractivity contribution < 1.29 is 52.3 Å². The molecule has 34 heavy (non-hydrogen) atoms. The highest BCUT2D eigenvalue weighted by Gasteiger charge is 2.48. The summed E-state index contributed by atoms with van der Waals surface area (Å²) in [7, 11) is 0. The summed E-state index contributed by atoms with van der Waals surface area (Å²) in [6.07, 6.45) is -9.25. The molecule has 0 saturated carbocycles. The molecule has 3 rings (SSSR count). The van der Waals surface area contributed by atoms with Gasteiger partial charge >= 0.3 is 6.36 Å². The fourth-order valence-electron chi connectivity index (χ4n) is 4.13. The molecular weight excluding hydrogens is 461 g/mol. The highest BCUT2D eigenvalue weighted by Crippen LogP contribution is 2.37. The van der Waals surface area contributed by atoms with Crippen molar-refractivity contribution in [3.8, 4) is 5.75 Å². The second-order valence-electron chi connectivity index (χ2n) is 9.00. The van der Waals surface area contributed by atoms with E-state index in [1.165, 1.54) is 0 Å².